The Morgan fingerprint density at radius 3 is 2.52 bits per heavy atom. The number of nitrogens with zero attached hydrogens (tertiary/aromatic N) is 1. The molecular weight excluding hydrogens is 332 g/mol. The number of nitrogens with one attached hydrogen (secondary N) is 1. The highest BCUT2D eigenvalue weighted by atomic mass is 79.9. The van der Waals surface area contributed by atoms with Crippen molar-refractivity contribution in [1.82, 2.24) is 5.43 Å². The predicted octanol–water partition coefficient (Wildman–Crippen LogP) is 3.29. The Morgan fingerprint density at radius 2 is 1.86 bits per heavy atom. The normalized spacial score (nSPS) is 10.6. The molecule has 0 bridgehead atoms. The van der Waals surface area contributed by atoms with Crippen molar-refractivity contribution in [3.8, 4) is 5.75 Å². The number of carbonyl (C=O) groups is 1. The Labute approximate surface area is 132 Å². The van der Waals surface area contributed by atoms with Gasteiger partial charge in [-0.25, -0.2) is 5.43 Å². The Hall–Kier alpha value is -2.14. The van der Waals surface area contributed by atoms with E-state index in [1.807, 2.05) is 43.3 Å². The van der Waals surface area contributed by atoms with Gasteiger partial charge in [-0.3, -0.25) is 4.79 Å². The first-order valence-electron chi connectivity index (χ1n) is 6.40. The summed E-state index contributed by atoms with van der Waals surface area (Å²) in [6.45, 7) is 1.94. The quantitative estimate of drug-likeness (QED) is 0.667. The van der Waals surface area contributed by atoms with Gasteiger partial charge in [-0.1, -0.05) is 45.8 Å². The standard InChI is InChI=1S/C16H15BrN2O2/c1-12-2-4-13(5-3-12)10-18-19-16(20)11-21-15-8-6-14(17)7-9-15/h2-10H,11H2,1H3,(H,19,20)/b18-10+. The van der Waals surface area contributed by atoms with Crippen molar-refractivity contribution in [3.63, 3.8) is 0 Å². The number of halogens is 1. The van der Waals surface area contributed by atoms with Crippen LogP contribution in [0.5, 0.6) is 5.75 Å². The number of benzene rings is 2. The number of hydrazone groups is 1. The van der Waals surface area contributed by atoms with Gasteiger partial charge in [0, 0.05) is 4.47 Å². The molecule has 0 saturated carbocycles. The van der Waals surface area contributed by atoms with E-state index < -0.39 is 0 Å². The summed E-state index contributed by atoms with van der Waals surface area (Å²) >= 11 is 3.33. The topological polar surface area (TPSA) is 50.7 Å². The van der Waals surface area contributed by atoms with E-state index in [0.29, 0.717) is 5.75 Å². The zero-order chi connectivity index (χ0) is 15.1. The first kappa shape index (κ1) is 15.3. The summed E-state index contributed by atoms with van der Waals surface area (Å²) < 4.78 is 6.29. The van der Waals surface area contributed by atoms with Crippen molar-refractivity contribution >= 4 is 28.1 Å². The van der Waals surface area contributed by atoms with Crippen LogP contribution >= 0.6 is 15.9 Å². The number of amides is 1. The molecule has 1 N–H and O–H groups in total. The molecule has 0 radical (unpaired) electrons. The molecule has 0 saturated heterocycles. The Morgan fingerprint density at radius 1 is 1.19 bits per heavy atom. The van der Waals surface area contributed by atoms with Crippen LogP contribution in [0.15, 0.2) is 58.1 Å². The van der Waals surface area contributed by atoms with Gasteiger partial charge in [0.2, 0.25) is 0 Å². The molecule has 2 aromatic rings. The highest BCUT2D eigenvalue weighted by molar-refractivity contribution is 9.10. The highest BCUT2D eigenvalue weighted by Crippen LogP contribution is 2.15. The van der Waals surface area contributed by atoms with Gasteiger partial charge < -0.3 is 4.74 Å². The molecular formula is C16H15BrN2O2. The maximum Gasteiger partial charge on any atom is 0.277 e. The Bertz CT molecular complexity index is 622. The summed E-state index contributed by atoms with van der Waals surface area (Å²) in [6, 6.07) is 15.1. The van der Waals surface area contributed by atoms with Crippen molar-refractivity contribution in [2.24, 2.45) is 5.10 Å². The fourth-order valence-electron chi connectivity index (χ4n) is 1.54. The summed E-state index contributed by atoms with van der Waals surface area (Å²) in [7, 11) is 0. The average molecular weight is 347 g/mol. The number of hydrogen-bond donors (Lipinski definition) is 1. The molecule has 0 aliphatic heterocycles. The van der Waals surface area contributed by atoms with Crippen LogP contribution in [0.25, 0.3) is 0 Å². The highest BCUT2D eigenvalue weighted by Gasteiger charge is 2.01. The fraction of sp³-hybridized carbons (Fsp3) is 0.125. The van der Waals surface area contributed by atoms with Crippen molar-refractivity contribution < 1.29 is 9.53 Å². The molecule has 0 fully saturated rings. The second-order valence-electron chi connectivity index (χ2n) is 4.45. The molecule has 1 amide bonds. The fourth-order valence-corrected chi connectivity index (χ4v) is 1.81. The lowest BCUT2D eigenvalue weighted by Gasteiger charge is -2.04. The predicted molar refractivity (Wildman–Crippen MR) is 86.6 cm³/mol. The van der Waals surface area contributed by atoms with Gasteiger partial charge in [-0.15, -0.1) is 0 Å². The minimum atomic E-state index is -0.304. The van der Waals surface area contributed by atoms with Gasteiger partial charge in [0.15, 0.2) is 6.61 Å². The average Bonchev–Trinajstić information content (AvgIpc) is 2.49. The lowest BCUT2D eigenvalue weighted by molar-refractivity contribution is -0.123. The minimum Gasteiger partial charge on any atom is -0.484 e. The van der Waals surface area contributed by atoms with Gasteiger partial charge in [-0.2, -0.15) is 5.10 Å². The largest absolute Gasteiger partial charge is 0.484 e. The smallest absolute Gasteiger partial charge is 0.277 e. The van der Waals surface area contributed by atoms with Crippen molar-refractivity contribution in [2.45, 2.75) is 6.92 Å². The van der Waals surface area contributed by atoms with Gasteiger partial charge in [0.05, 0.1) is 6.21 Å². The van der Waals surface area contributed by atoms with E-state index in [-0.39, 0.29) is 12.5 Å². The van der Waals surface area contributed by atoms with E-state index in [1.54, 1.807) is 18.3 Å². The van der Waals surface area contributed by atoms with Crippen LogP contribution < -0.4 is 10.2 Å². The third-order valence-electron chi connectivity index (χ3n) is 2.66. The molecule has 108 valence electrons. The molecule has 0 aliphatic rings. The lowest BCUT2D eigenvalue weighted by Crippen LogP contribution is -2.24. The number of hydrogen-bond acceptors (Lipinski definition) is 3. The second kappa shape index (κ2) is 7.59. The third kappa shape index (κ3) is 5.39. The first-order chi connectivity index (χ1) is 10.1. The maximum atomic E-state index is 11.6. The maximum absolute atomic E-state index is 11.6. The Balaban J connectivity index is 1.77. The van der Waals surface area contributed by atoms with Gasteiger partial charge in [-0.05, 0) is 36.8 Å². The summed E-state index contributed by atoms with van der Waals surface area (Å²) in [5, 5.41) is 3.89. The van der Waals surface area contributed by atoms with Crippen LogP contribution in [0.1, 0.15) is 11.1 Å². The number of rotatable bonds is 5. The lowest BCUT2D eigenvalue weighted by atomic mass is 10.2. The molecule has 0 aromatic heterocycles. The molecule has 4 nitrogen and oxygen atoms in total. The van der Waals surface area contributed by atoms with Crippen LogP contribution in [0, 0.1) is 6.92 Å². The van der Waals surface area contributed by atoms with E-state index in [2.05, 4.69) is 26.5 Å². The summed E-state index contributed by atoms with van der Waals surface area (Å²) in [6.07, 6.45) is 1.59. The SMILES string of the molecule is Cc1ccc(/C=N/NC(=O)COc2ccc(Br)cc2)cc1. The zero-order valence-corrected chi connectivity index (χ0v) is 13.1. The van der Waals surface area contributed by atoms with Crippen LogP contribution in [-0.2, 0) is 4.79 Å². The number of carbonyl (C=O) groups excluding carboxylic acids is 1. The van der Waals surface area contributed by atoms with Gasteiger partial charge >= 0.3 is 0 Å². The van der Waals surface area contributed by atoms with Gasteiger partial charge in [0.25, 0.3) is 5.91 Å². The minimum absolute atomic E-state index is 0.0765. The van der Waals surface area contributed by atoms with Crippen molar-refractivity contribution in [3.05, 3.63) is 64.1 Å². The summed E-state index contributed by atoms with van der Waals surface area (Å²) in [5.41, 5.74) is 4.53. The number of aryl methyl sites for hydroxylation is 1. The van der Waals surface area contributed by atoms with Gasteiger partial charge in [0.1, 0.15) is 5.75 Å². The van der Waals surface area contributed by atoms with E-state index in [0.717, 1.165) is 10.0 Å². The van der Waals surface area contributed by atoms with E-state index >= 15 is 0 Å². The van der Waals surface area contributed by atoms with Crippen LogP contribution in [0.3, 0.4) is 0 Å². The van der Waals surface area contributed by atoms with Crippen molar-refractivity contribution in [2.75, 3.05) is 6.61 Å². The molecule has 2 rings (SSSR count). The van der Waals surface area contributed by atoms with E-state index in [4.69, 9.17) is 4.74 Å². The zero-order valence-electron chi connectivity index (χ0n) is 11.5. The van der Waals surface area contributed by atoms with Crippen LogP contribution in [0.4, 0.5) is 0 Å². The third-order valence-corrected chi connectivity index (χ3v) is 3.19. The molecule has 21 heavy (non-hydrogen) atoms. The molecule has 0 spiro atoms. The summed E-state index contributed by atoms with van der Waals surface area (Å²) in [5.74, 6) is 0.331. The van der Waals surface area contributed by atoms with Crippen LogP contribution in [0.2, 0.25) is 0 Å². The molecule has 0 heterocycles. The molecule has 0 unspecified atom stereocenters. The summed E-state index contributed by atoms with van der Waals surface area (Å²) in [4.78, 5) is 11.6. The van der Waals surface area contributed by atoms with Crippen LogP contribution in [-0.4, -0.2) is 18.7 Å². The van der Waals surface area contributed by atoms with E-state index in [9.17, 15) is 4.79 Å². The Kier molecular flexibility index (Phi) is 5.51. The molecule has 5 heteroatoms. The second-order valence-corrected chi connectivity index (χ2v) is 5.36. The molecule has 2 aromatic carbocycles. The van der Waals surface area contributed by atoms with Crippen molar-refractivity contribution in [1.29, 1.82) is 0 Å². The number of ether oxygens (including phenoxy) is 1. The first-order valence-corrected chi connectivity index (χ1v) is 7.20. The molecule has 0 aliphatic carbocycles. The van der Waals surface area contributed by atoms with E-state index in [1.165, 1.54) is 5.56 Å². The monoisotopic (exact) mass is 346 g/mol. The molecule has 0 atom stereocenters.